The maximum absolute atomic E-state index is 13.0. The lowest BCUT2D eigenvalue weighted by Gasteiger charge is -2.12. The average Bonchev–Trinajstić information content (AvgIpc) is 2.58. The highest BCUT2D eigenvalue weighted by atomic mass is 32.2. The van der Waals surface area contributed by atoms with Gasteiger partial charge in [0, 0.05) is 11.4 Å². The smallest absolute Gasteiger partial charge is 0.335 e. The zero-order chi connectivity index (χ0) is 19.3. The topological polar surface area (TPSA) is 84.0 Å². The van der Waals surface area contributed by atoms with Crippen LogP contribution in [0.4, 0.5) is 18.0 Å². The summed E-state index contributed by atoms with van der Waals surface area (Å²) in [6.07, 6.45) is -4.00. The molecule has 0 fully saturated rings. The zero-order valence-electron chi connectivity index (χ0n) is 14.1. The molecule has 0 aliphatic rings. The van der Waals surface area contributed by atoms with E-state index in [9.17, 15) is 22.8 Å². The Morgan fingerprint density at radius 3 is 2.58 bits per heavy atom. The number of carbonyl (C=O) groups is 2. The number of alkyl halides is 3. The summed E-state index contributed by atoms with van der Waals surface area (Å²) >= 11 is 0.812. The van der Waals surface area contributed by atoms with Crippen LogP contribution in [0.5, 0.6) is 0 Å². The van der Waals surface area contributed by atoms with Crippen molar-refractivity contribution in [2.75, 3.05) is 5.75 Å². The van der Waals surface area contributed by atoms with Crippen molar-refractivity contribution >= 4 is 34.6 Å². The zero-order valence-corrected chi connectivity index (χ0v) is 14.9. The highest BCUT2D eigenvalue weighted by Crippen LogP contribution is 2.31. The van der Waals surface area contributed by atoms with Gasteiger partial charge in [0.2, 0.25) is 11.7 Å². The number of aromatic nitrogens is 2. The fourth-order valence-electron chi connectivity index (χ4n) is 1.94. The third-order valence-corrected chi connectivity index (χ3v) is 4.40. The predicted octanol–water partition coefficient (Wildman–Crippen LogP) is 3.37. The molecule has 0 radical (unpaired) electrons. The normalized spacial score (nSPS) is 12.7. The Morgan fingerprint density at radius 2 is 1.92 bits per heavy atom. The number of para-hydroxylation sites is 1. The van der Waals surface area contributed by atoms with Crippen LogP contribution in [0.15, 0.2) is 29.3 Å². The first-order valence-electron chi connectivity index (χ1n) is 7.77. The molecule has 0 aliphatic heterocycles. The SMILES string of the molecule is CC[C@H](C)NC(=O)NC(=O)CSc1nc(C(F)(F)F)nc2ccccc12. The molecule has 6 nitrogen and oxygen atoms in total. The van der Waals surface area contributed by atoms with Gasteiger partial charge in [0.25, 0.3) is 0 Å². The lowest BCUT2D eigenvalue weighted by molar-refractivity contribution is -0.145. The number of rotatable bonds is 5. The molecule has 1 aromatic heterocycles. The minimum Gasteiger partial charge on any atom is -0.335 e. The van der Waals surface area contributed by atoms with E-state index >= 15 is 0 Å². The van der Waals surface area contributed by atoms with Gasteiger partial charge in [0.15, 0.2) is 0 Å². The van der Waals surface area contributed by atoms with Gasteiger partial charge in [0.05, 0.1) is 11.3 Å². The number of thioether (sulfide) groups is 1. The van der Waals surface area contributed by atoms with E-state index in [2.05, 4.69) is 20.6 Å². The van der Waals surface area contributed by atoms with Gasteiger partial charge in [-0.15, -0.1) is 0 Å². The Morgan fingerprint density at radius 1 is 1.23 bits per heavy atom. The Balaban J connectivity index is 2.12. The number of hydrogen-bond acceptors (Lipinski definition) is 5. The molecule has 10 heteroatoms. The number of nitrogens with one attached hydrogen (secondary N) is 2. The maximum atomic E-state index is 13.0. The summed E-state index contributed by atoms with van der Waals surface area (Å²) in [5.74, 6) is -2.16. The molecule has 1 aromatic carbocycles. The van der Waals surface area contributed by atoms with E-state index in [1.165, 1.54) is 6.07 Å². The summed E-state index contributed by atoms with van der Waals surface area (Å²) in [5, 5.41) is 5.13. The number of halogens is 3. The van der Waals surface area contributed by atoms with E-state index in [-0.39, 0.29) is 22.3 Å². The molecule has 2 aromatic rings. The van der Waals surface area contributed by atoms with Crippen molar-refractivity contribution in [3.8, 4) is 0 Å². The Labute approximate surface area is 152 Å². The summed E-state index contributed by atoms with van der Waals surface area (Å²) in [6, 6.07) is 5.48. The second-order valence-corrected chi connectivity index (χ2v) is 6.45. The van der Waals surface area contributed by atoms with Crippen LogP contribution in [0.1, 0.15) is 26.1 Å². The van der Waals surface area contributed by atoms with E-state index in [0.29, 0.717) is 11.8 Å². The quantitative estimate of drug-likeness (QED) is 0.608. The summed E-state index contributed by atoms with van der Waals surface area (Å²) in [7, 11) is 0. The fraction of sp³-hybridized carbons (Fsp3) is 0.375. The molecule has 26 heavy (non-hydrogen) atoms. The van der Waals surface area contributed by atoms with Crippen LogP contribution in [0.2, 0.25) is 0 Å². The number of urea groups is 1. The molecule has 0 bridgehead atoms. The number of nitrogens with zero attached hydrogens (tertiary/aromatic N) is 2. The summed E-state index contributed by atoms with van der Waals surface area (Å²) < 4.78 is 38.9. The molecular weight excluding hydrogens is 369 g/mol. The third-order valence-electron chi connectivity index (χ3n) is 3.40. The van der Waals surface area contributed by atoms with E-state index in [0.717, 1.165) is 11.8 Å². The molecule has 1 atom stereocenters. The van der Waals surface area contributed by atoms with E-state index in [1.54, 1.807) is 25.1 Å². The Kier molecular flexibility index (Phi) is 6.41. The van der Waals surface area contributed by atoms with Gasteiger partial charge >= 0.3 is 12.2 Å². The summed E-state index contributed by atoms with van der Waals surface area (Å²) in [6.45, 7) is 3.66. The van der Waals surface area contributed by atoms with Crippen molar-refractivity contribution in [3.05, 3.63) is 30.1 Å². The number of fused-ring (bicyclic) bond motifs is 1. The van der Waals surface area contributed by atoms with Gasteiger partial charge in [-0.3, -0.25) is 10.1 Å². The van der Waals surface area contributed by atoms with Crippen LogP contribution < -0.4 is 10.6 Å². The molecule has 1 heterocycles. The highest BCUT2D eigenvalue weighted by molar-refractivity contribution is 8.00. The monoisotopic (exact) mass is 386 g/mol. The van der Waals surface area contributed by atoms with Gasteiger partial charge in [-0.05, 0) is 19.4 Å². The molecule has 0 saturated carbocycles. The van der Waals surface area contributed by atoms with Crippen molar-refractivity contribution < 1.29 is 22.8 Å². The van der Waals surface area contributed by atoms with Gasteiger partial charge in [-0.2, -0.15) is 13.2 Å². The van der Waals surface area contributed by atoms with Gasteiger partial charge in [-0.1, -0.05) is 36.9 Å². The van der Waals surface area contributed by atoms with Gasteiger partial charge in [-0.25, -0.2) is 14.8 Å². The molecule has 0 aliphatic carbocycles. The van der Waals surface area contributed by atoms with Crippen LogP contribution >= 0.6 is 11.8 Å². The lowest BCUT2D eigenvalue weighted by Crippen LogP contribution is -2.43. The second-order valence-electron chi connectivity index (χ2n) is 5.49. The summed E-state index contributed by atoms with van der Waals surface area (Å²) in [5.41, 5.74) is 0.132. The number of hydrogen-bond donors (Lipinski definition) is 2. The largest absolute Gasteiger partial charge is 0.451 e. The molecule has 2 N–H and O–H groups in total. The van der Waals surface area contributed by atoms with Crippen molar-refractivity contribution in [3.63, 3.8) is 0 Å². The molecule has 140 valence electrons. The van der Waals surface area contributed by atoms with E-state index in [1.807, 2.05) is 6.92 Å². The van der Waals surface area contributed by atoms with Crippen molar-refractivity contribution in [1.82, 2.24) is 20.6 Å². The molecule has 0 saturated heterocycles. The lowest BCUT2D eigenvalue weighted by atomic mass is 10.2. The van der Waals surface area contributed by atoms with E-state index < -0.39 is 23.9 Å². The first-order chi connectivity index (χ1) is 12.2. The molecule has 2 rings (SSSR count). The number of carbonyl (C=O) groups excluding carboxylic acids is 2. The van der Waals surface area contributed by atoms with Crippen LogP contribution in [0.25, 0.3) is 10.9 Å². The minimum absolute atomic E-state index is 0.0282. The minimum atomic E-state index is -4.70. The fourth-order valence-corrected chi connectivity index (χ4v) is 2.76. The molecule has 3 amide bonds. The van der Waals surface area contributed by atoms with Crippen LogP contribution in [0.3, 0.4) is 0 Å². The number of imide groups is 1. The molecular formula is C16H17F3N4O2S. The van der Waals surface area contributed by atoms with Crippen LogP contribution in [-0.4, -0.2) is 33.7 Å². The standard InChI is InChI=1S/C16H17F3N4O2S/c1-3-9(2)20-15(25)22-12(24)8-26-13-10-6-4-5-7-11(10)21-14(23-13)16(17,18)19/h4-7,9H,3,8H2,1-2H3,(H2,20,22,24,25)/t9-/m0/s1. The predicted molar refractivity (Wildman–Crippen MR) is 91.7 cm³/mol. The van der Waals surface area contributed by atoms with Crippen molar-refractivity contribution in [2.24, 2.45) is 0 Å². The average molecular weight is 386 g/mol. The first-order valence-corrected chi connectivity index (χ1v) is 8.76. The van der Waals surface area contributed by atoms with Gasteiger partial charge < -0.3 is 5.32 Å². The number of benzene rings is 1. The molecule has 0 spiro atoms. The van der Waals surface area contributed by atoms with Crippen molar-refractivity contribution in [1.29, 1.82) is 0 Å². The first kappa shape index (κ1) is 20.0. The Hall–Kier alpha value is -2.36. The van der Waals surface area contributed by atoms with Gasteiger partial charge in [0.1, 0.15) is 5.03 Å². The molecule has 0 unspecified atom stereocenters. The van der Waals surface area contributed by atoms with Crippen molar-refractivity contribution in [2.45, 2.75) is 37.5 Å². The Bertz CT molecular complexity index is 814. The summed E-state index contributed by atoms with van der Waals surface area (Å²) in [4.78, 5) is 30.5. The third kappa shape index (κ3) is 5.32. The second kappa shape index (κ2) is 8.35. The van der Waals surface area contributed by atoms with E-state index in [4.69, 9.17) is 0 Å². The van der Waals surface area contributed by atoms with Crippen LogP contribution in [0, 0.1) is 0 Å². The highest BCUT2D eigenvalue weighted by Gasteiger charge is 2.35. The number of amides is 3. The van der Waals surface area contributed by atoms with Crippen LogP contribution in [-0.2, 0) is 11.0 Å². The maximum Gasteiger partial charge on any atom is 0.451 e.